The summed E-state index contributed by atoms with van der Waals surface area (Å²) in [6, 6.07) is 12.1. The predicted octanol–water partition coefficient (Wildman–Crippen LogP) is 2.86. The Morgan fingerprint density at radius 2 is 2.05 bits per heavy atom. The van der Waals surface area contributed by atoms with Gasteiger partial charge in [-0.05, 0) is 24.2 Å². The molecule has 0 fully saturated rings. The summed E-state index contributed by atoms with van der Waals surface area (Å²) in [5, 5.41) is 17.7. The van der Waals surface area contributed by atoms with Gasteiger partial charge in [-0.2, -0.15) is 0 Å². The van der Waals surface area contributed by atoms with Crippen molar-refractivity contribution in [3.8, 4) is 11.6 Å². The smallest absolute Gasteiger partial charge is 0.262 e. The Balaban J connectivity index is 1.73. The van der Waals surface area contributed by atoms with E-state index in [2.05, 4.69) is 10.5 Å². The van der Waals surface area contributed by atoms with Crippen molar-refractivity contribution in [2.24, 2.45) is 0 Å². The van der Waals surface area contributed by atoms with Gasteiger partial charge in [-0.15, -0.1) is 0 Å². The van der Waals surface area contributed by atoms with Crippen molar-refractivity contribution in [2.75, 3.05) is 11.9 Å². The third-order valence-electron chi connectivity index (χ3n) is 3.13. The normalized spacial score (nSPS) is 10.6. The number of carbonyl (C=O) groups excluding carboxylic acids is 1. The van der Waals surface area contributed by atoms with Crippen LogP contribution in [0.3, 0.4) is 0 Å². The Hall–Kier alpha value is -3.02. The number of aromatic hydroxyl groups is 1. The van der Waals surface area contributed by atoms with Crippen LogP contribution in [0.1, 0.15) is 5.76 Å². The van der Waals surface area contributed by atoms with Gasteiger partial charge in [0, 0.05) is 22.5 Å². The van der Waals surface area contributed by atoms with Gasteiger partial charge in [-0.1, -0.05) is 24.3 Å². The second-order valence-electron chi connectivity index (χ2n) is 4.79. The van der Waals surface area contributed by atoms with E-state index in [0.29, 0.717) is 16.8 Å². The third kappa shape index (κ3) is 2.85. The van der Waals surface area contributed by atoms with Gasteiger partial charge in [0.1, 0.15) is 11.5 Å². The van der Waals surface area contributed by atoms with Crippen molar-refractivity contribution in [1.29, 1.82) is 0 Å². The minimum absolute atomic E-state index is 0.169. The number of hydrogen-bond donors (Lipinski definition) is 2. The van der Waals surface area contributed by atoms with Gasteiger partial charge in [-0.3, -0.25) is 4.79 Å². The summed E-state index contributed by atoms with van der Waals surface area (Å²) in [7, 11) is 0. The zero-order chi connectivity index (χ0) is 15.5. The summed E-state index contributed by atoms with van der Waals surface area (Å²) >= 11 is 0. The number of hydrogen-bond acceptors (Lipinski definition) is 5. The molecule has 1 heterocycles. The highest BCUT2D eigenvalue weighted by atomic mass is 16.5. The zero-order valence-corrected chi connectivity index (χ0v) is 11.9. The molecule has 3 rings (SSSR count). The second kappa shape index (κ2) is 5.77. The zero-order valence-electron chi connectivity index (χ0n) is 11.9. The molecule has 0 bridgehead atoms. The molecule has 0 aliphatic heterocycles. The standard InChI is InChI=1S/C16H14N2O4/c1-10-8-16(18-22-10)21-9-15(20)17-13-6-7-14(19)12-5-3-2-4-11(12)13/h2-8,19H,9H2,1H3,(H,17,20). The highest BCUT2D eigenvalue weighted by molar-refractivity contribution is 6.04. The summed E-state index contributed by atoms with van der Waals surface area (Å²) in [4.78, 5) is 12.0. The van der Waals surface area contributed by atoms with Crippen molar-refractivity contribution < 1.29 is 19.2 Å². The van der Waals surface area contributed by atoms with E-state index >= 15 is 0 Å². The fourth-order valence-corrected chi connectivity index (χ4v) is 2.13. The fraction of sp³-hybridized carbons (Fsp3) is 0.125. The first kappa shape index (κ1) is 13.9. The number of benzene rings is 2. The minimum atomic E-state index is -0.323. The maximum atomic E-state index is 12.0. The average molecular weight is 298 g/mol. The number of aryl methyl sites for hydroxylation is 1. The monoisotopic (exact) mass is 298 g/mol. The van der Waals surface area contributed by atoms with E-state index in [4.69, 9.17) is 9.26 Å². The molecule has 1 aromatic heterocycles. The van der Waals surface area contributed by atoms with Crippen LogP contribution >= 0.6 is 0 Å². The van der Waals surface area contributed by atoms with Crippen molar-refractivity contribution in [2.45, 2.75) is 6.92 Å². The molecule has 22 heavy (non-hydrogen) atoms. The number of phenols is 1. The molecule has 0 saturated heterocycles. The molecule has 3 aromatic rings. The number of amides is 1. The van der Waals surface area contributed by atoms with Gasteiger partial charge in [0.2, 0.25) is 0 Å². The maximum Gasteiger partial charge on any atom is 0.262 e. The van der Waals surface area contributed by atoms with Crippen LogP contribution in [0, 0.1) is 6.92 Å². The fourth-order valence-electron chi connectivity index (χ4n) is 2.13. The molecule has 0 unspecified atom stereocenters. The molecule has 1 amide bonds. The summed E-state index contributed by atoms with van der Waals surface area (Å²) in [6.07, 6.45) is 0. The number of nitrogens with one attached hydrogen (secondary N) is 1. The lowest BCUT2D eigenvalue weighted by Gasteiger charge is -2.10. The number of fused-ring (bicyclic) bond motifs is 1. The second-order valence-corrected chi connectivity index (χ2v) is 4.79. The lowest BCUT2D eigenvalue weighted by atomic mass is 10.1. The SMILES string of the molecule is Cc1cc(OCC(=O)Nc2ccc(O)c3ccccc23)no1. The largest absolute Gasteiger partial charge is 0.507 e. The molecule has 0 aliphatic rings. The number of carbonyl (C=O) groups is 1. The van der Waals surface area contributed by atoms with Crippen molar-refractivity contribution >= 4 is 22.4 Å². The Bertz CT molecular complexity index is 826. The highest BCUT2D eigenvalue weighted by Crippen LogP contribution is 2.30. The number of phenolic OH excluding ortho intramolecular Hbond substituents is 1. The summed E-state index contributed by atoms with van der Waals surface area (Å²) < 4.78 is 10.1. The third-order valence-corrected chi connectivity index (χ3v) is 3.13. The Morgan fingerprint density at radius 1 is 1.27 bits per heavy atom. The molecular weight excluding hydrogens is 284 g/mol. The van der Waals surface area contributed by atoms with Gasteiger partial charge in [0.25, 0.3) is 11.8 Å². The molecule has 2 aromatic carbocycles. The summed E-state index contributed by atoms with van der Waals surface area (Å²) in [5.41, 5.74) is 0.610. The molecule has 2 N–H and O–H groups in total. The Kier molecular flexibility index (Phi) is 3.65. The average Bonchev–Trinajstić information content (AvgIpc) is 2.94. The van der Waals surface area contributed by atoms with Crippen LogP contribution in [0.4, 0.5) is 5.69 Å². The summed E-state index contributed by atoms with van der Waals surface area (Å²) in [6.45, 7) is 1.56. The van der Waals surface area contributed by atoms with E-state index in [1.54, 1.807) is 31.2 Å². The van der Waals surface area contributed by atoms with E-state index in [1.165, 1.54) is 0 Å². The molecule has 0 spiro atoms. The topological polar surface area (TPSA) is 84.6 Å². The first-order chi connectivity index (χ1) is 10.6. The number of anilines is 1. The van der Waals surface area contributed by atoms with Crippen LogP contribution < -0.4 is 10.1 Å². The lowest BCUT2D eigenvalue weighted by Crippen LogP contribution is -2.20. The van der Waals surface area contributed by atoms with Crippen molar-refractivity contribution in [3.63, 3.8) is 0 Å². The molecular formula is C16H14N2O4. The highest BCUT2D eigenvalue weighted by Gasteiger charge is 2.10. The summed E-state index contributed by atoms with van der Waals surface area (Å²) in [5.74, 6) is 0.725. The molecule has 0 saturated carbocycles. The molecule has 6 nitrogen and oxygen atoms in total. The van der Waals surface area contributed by atoms with E-state index in [-0.39, 0.29) is 24.1 Å². The van der Waals surface area contributed by atoms with Gasteiger partial charge < -0.3 is 19.7 Å². The van der Waals surface area contributed by atoms with Crippen molar-refractivity contribution in [1.82, 2.24) is 5.16 Å². The molecule has 6 heteroatoms. The Morgan fingerprint density at radius 3 is 2.77 bits per heavy atom. The first-order valence-electron chi connectivity index (χ1n) is 6.70. The predicted molar refractivity (Wildman–Crippen MR) is 81.0 cm³/mol. The van der Waals surface area contributed by atoms with Crippen molar-refractivity contribution in [3.05, 3.63) is 48.2 Å². The van der Waals surface area contributed by atoms with Gasteiger partial charge in [0.05, 0.1) is 0 Å². The van der Waals surface area contributed by atoms with E-state index < -0.39 is 0 Å². The number of nitrogens with zero attached hydrogens (tertiary/aromatic N) is 1. The number of aromatic nitrogens is 1. The van der Waals surface area contributed by atoms with Crippen LogP contribution in [0.5, 0.6) is 11.6 Å². The van der Waals surface area contributed by atoms with E-state index in [0.717, 1.165) is 5.39 Å². The molecule has 0 aliphatic carbocycles. The minimum Gasteiger partial charge on any atom is -0.507 e. The van der Waals surface area contributed by atoms with Gasteiger partial charge >= 0.3 is 0 Å². The van der Waals surface area contributed by atoms with Crippen LogP contribution in [0.2, 0.25) is 0 Å². The molecule has 112 valence electrons. The van der Waals surface area contributed by atoms with Gasteiger partial charge in [-0.25, -0.2) is 0 Å². The quantitative estimate of drug-likeness (QED) is 0.723. The van der Waals surface area contributed by atoms with Crippen LogP contribution in [0.15, 0.2) is 47.0 Å². The Labute approximate surface area is 126 Å². The van der Waals surface area contributed by atoms with Crippen LogP contribution in [0.25, 0.3) is 10.8 Å². The van der Waals surface area contributed by atoms with Crippen LogP contribution in [-0.2, 0) is 4.79 Å². The van der Waals surface area contributed by atoms with E-state index in [9.17, 15) is 9.90 Å². The number of ether oxygens (including phenoxy) is 1. The lowest BCUT2D eigenvalue weighted by molar-refractivity contribution is -0.118. The van der Waals surface area contributed by atoms with Crippen LogP contribution in [-0.4, -0.2) is 22.8 Å². The maximum absolute atomic E-state index is 12.0. The van der Waals surface area contributed by atoms with Gasteiger partial charge in [0.15, 0.2) is 6.61 Å². The first-order valence-corrected chi connectivity index (χ1v) is 6.70. The number of rotatable bonds is 4. The van der Waals surface area contributed by atoms with E-state index in [1.807, 2.05) is 18.2 Å². The molecule has 0 radical (unpaired) electrons. The molecule has 0 atom stereocenters.